The summed E-state index contributed by atoms with van der Waals surface area (Å²) in [5, 5.41) is 25.3. The molecule has 0 radical (unpaired) electrons. The molecule has 0 spiro atoms. The summed E-state index contributed by atoms with van der Waals surface area (Å²) in [6.45, 7) is 4.10. The van der Waals surface area contributed by atoms with Crippen LogP contribution in [0.3, 0.4) is 0 Å². The lowest BCUT2D eigenvalue weighted by molar-refractivity contribution is -0.143. The van der Waals surface area contributed by atoms with E-state index in [2.05, 4.69) is 28.6 Å². The highest BCUT2D eigenvalue weighted by Gasteiger charge is 2.30. The number of nitrogens with two attached hydrogens (primary N) is 2. The third-order valence-corrected chi connectivity index (χ3v) is 5.09. The van der Waals surface area contributed by atoms with Crippen molar-refractivity contribution in [2.45, 2.75) is 76.5 Å². The highest BCUT2D eigenvalue weighted by atomic mass is 32.1. The minimum absolute atomic E-state index is 0.0386. The van der Waals surface area contributed by atoms with E-state index in [-0.39, 0.29) is 24.5 Å². The number of thiol groups is 1. The maximum absolute atomic E-state index is 12.7. The van der Waals surface area contributed by atoms with Crippen molar-refractivity contribution in [1.29, 1.82) is 0 Å². The summed E-state index contributed by atoms with van der Waals surface area (Å²) in [7, 11) is 0. The van der Waals surface area contributed by atoms with Crippen LogP contribution in [0.5, 0.6) is 0 Å². The van der Waals surface area contributed by atoms with E-state index >= 15 is 0 Å². The van der Waals surface area contributed by atoms with Crippen LogP contribution in [-0.4, -0.2) is 76.3 Å². The summed E-state index contributed by atoms with van der Waals surface area (Å²) < 4.78 is 0. The fraction of sp³-hybridized carbons (Fsp3) is 0.750. The lowest BCUT2D eigenvalue weighted by Crippen LogP contribution is -2.57. The number of hydrogen-bond acceptors (Lipinski definition) is 8. The van der Waals surface area contributed by atoms with Gasteiger partial charge in [-0.2, -0.15) is 12.6 Å². The Labute approximate surface area is 199 Å². The van der Waals surface area contributed by atoms with Crippen molar-refractivity contribution >= 4 is 42.3 Å². The van der Waals surface area contributed by atoms with E-state index < -0.39 is 60.2 Å². The van der Waals surface area contributed by atoms with Gasteiger partial charge in [0.2, 0.25) is 17.7 Å². The Morgan fingerprint density at radius 2 is 1.39 bits per heavy atom. The van der Waals surface area contributed by atoms with Crippen LogP contribution in [0.1, 0.15) is 52.4 Å². The Morgan fingerprint density at radius 1 is 0.848 bits per heavy atom. The molecule has 13 heteroatoms. The van der Waals surface area contributed by atoms with Crippen molar-refractivity contribution in [3.05, 3.63) is 0 Å². The molecule has 0 fully saturated rings. The van der Waals surface area contributed by atoms with Gasteiger partial charge in [-0.3, -0.25) is 19.2 Å². The highest BCUT2D eigenvalue weighted by Crippen LogP contribution is 2.08. The average Bonchev–Trinajstić information content (AvgIpc) is 2.73. The maximum Gasteiger partial charge on any atom is 0.326 e. The number of carbonyl (C=O) groups is 5. The van der Waals surface area contributed by atoms with Gasteiger partial charge >= 0.3 is 11.9 Å². The molecule has 0 bridgehead atoms. The number of aliphatic carboxylic acids is 2. The van der Waals surface area contributed by atoms with Gasteiger partial charge < -0.3 is 37.6 Å². The summed E-state index contributed by atoms with van der Waals surface area (Å²) >= 11 is 4.09. The minimum atomic E-state index is -1.42. The summed E-state index contributed by atoms with van der Waals surface area (Å²) in [6, 6.07) is -4.41. The fourth-order valence-electron chi connectivity index (χ4n) is 2.89. The molecule has 3 amide bonds. The lowest BCUT2D eigenvalue weighted by atomic mass is 10.0. The van der Waals surface area contributed by atoms with Crippen LogP contribution in [0.4, 0.5) is 0 Å². The largest absolute Gasteiger partial charge is 0.481 e. The van der Waals surface area contributed by atoms with E-state index in [0.29, 0.717) is 25.8 Å². The first kappa shape index (κ1) is 30.6. The van der Waals surface area contributed by atoms with Gasteiger partial charge in [0.1, 0.15) is 18.1 Å². The smallest absolute Gasteiger partial charge is 0.326 e. The molecule has 4 unspecified atom stereocenters. The van der Waals surface area contributed by atoms with Gasteiger partial charge in [-0.25, -0.2) is 4.79 Å². The van der Waals surface area contributed by atoms with E-state index in [0.717, 1.165) is 0 Å². The average molecular weight is 492 g/mol. The molecule has 190 valence electrons. The number of amides is 3. The summed E-state index contributed by atoms with van der Waals surface area (Å²) in [6.07, 6.45) is 1.21. The molecule has 0 aromatic heterocycles. The highest BCUT2D eigenvalue weighted by molar-refractivity contribution is 7.80. The van der Waals surface area contributed by atoms with Gasteiger partial charge in [0, 0.05) is 12.2 Å². The van der Waals surface area contributed by atoms with E-state index in [4.69, 9.17) is 16.6 Å². The van der Waals surface area contributed by atoms with Crippen LogP contribution >= 0.6 is 12.6 Å². The molecular weight excluding hydrogens is 454 g/mol. The molecule has 4 atom stereocenters. The zero-order chi connectivity index (χ0) is 25.6. The van der Waals surface area contributed by atoms with Gasteiger partial charge in [0.15, 0.2) is 0 Å². The molecule has 33 heavy (non-hydrogen) atoms. The normalized spacial score (nSPS) is 14.6. The third-order valence-electron chi connectivity index (χ3n) is 4.72. The quantitative estimate of drug-likeness (QED) is 0.0906. The third kappa shape index (κ3) is 13.0. The molecular formula is C20H37N5O7S. The predicted octanol–water partition coefficient (Wildman–Crippen LogP) is -1.18. The number of hydrogen-bond donors (Lipinski definition) is 8. The predicted molar refractivity (Wildman–Crippen MR) is 124 cm³/mol. The second kappa shape index (κ2) is 16.3. The second-order valence-electron chi connectivity index (χ2n) is 8.16. The van der Waals surface area contributed by atoms with Gasteiger partial charge in [-0.15, -0.1) is 0 Å². The molecule has 0 aliphatic rings. The summed E-state index contributed by atoms with van der Waals surface area (Å²) in [5.41, 5.74) is 11.3. The van der Waals surface area contributed by atoms with Crippen LogP contribution < -0.4 is 27.4 Å². The van der Waals surface area contributed by atoms with E-state index in [1.807, 2.05) is 13.8 Å². The molecule has 0 aliphatic heterocycles. The molecule has 0 aromatic carbocycles. The summed E-state index contributed by atoms with van der Waals surface area (Å²) in [5.74, 6) is -4.66. The van der Waals surface area contributed by atoms with Crippen LogP contribution in [0.15, 0.2) is 0 Å². The lowest BCUT2D eigenvalue weighted by Gasteiger charge is -2.25. The van der Waals surface area contributed by atoms with Crippen molar-refractivity contribution < 1.29 is 34.2 Å². The zero-order valence-electron chi connectivity index (χ0n) is 19.1. The van der Waals surface area contributed by atoms with Gasteiger partial charge in [0.05, 0.1) is 6.04 Å². The number of nitrogens with one attached hydrogen (secondary N) is 3. The van der Waals surface area contributed by atoms with Crippen molar-refractivity contribution in [2.75, 3.05) is 12.3 Å². The number of carboxylic acid groups (broad SMARTS) is 2. The molecule has 0 aromatic rings. The molecule has 0 aliphatic carbocycles. The van der Waals surface area contributed by atoms with E-state index in [1.165, 1.54) is 0 Å². The number of carbonyl (C=O) groups excluding carboxylic acids is 3. The van der Waals surface area contributed by atoms with Crippen molar-refractivity contribution in [1.82, 2.24) is 16.0 Å². The van der Waals surface area contributed by atoms with Gasteiger partial charge in [-0.1, -0.05) is 20.3 Å². The van der Waals surface area contributed by atoms with Gasteiger partial charge in [0.25, 0.3) is 0 Å². The first-order valence-electron chi connectivity index (χ1n) is 10.8. The molecule has 0 saturated heterocycles. The minimum Gasteiger partial charge on any atom is -0.481 e. The first-order valence-corrected chi connectivity index (χ1v) is 11.5. The van der Waals surface area contributed by atoms with Crippen LogP contribution in [-0.2, 0) is 24.0 Å². The Hall–Kier alpha value is -2.38. The van der Waals surface area contributed by atoms with E-state index in [1.54, 1.807) is 0 Å². The van der Waals surface area contributed by atoms with Crippen molar-refractivity contribution in [2.24, 2.45) is 17.4 Å². The molecule has 0 rings (SSSR count). The van der Waals surface area contributed by atoms with Crippen LogP contribution in [0.2, 0.25) is 0 Å². The molecule has 9 N–H and O–H groups in total. The Bertz CT molecular complexity index is 677. The van der Waals surface area contributed by atoms with Gasteiger partial charge in [-0.05, 0) is 38.1 Å². The second-order valence-corrected chi connectivity index (χ2v) is 8.52. The number of carboxylic acids is 2. The molecule has 0 heterocycles. The Balaban J connectivity index is 5.19. The maximum atomic E-state index is 12.7. The van der Waals surface area contributed by atoms with Crippen LogP contribution in [0, 0.1) is 5.92 Å². The first-order chi connectivity index (χ1) is 15.4. The zero-order valence-corrected chi connectivity index (χ0v) is 20.0. The number of rotatable bonds is 17. The topological polar surface area (TPSA) is 214 Å². The van der Waals surface area contributed by atoms with Crippen LogP contribution in [0.25, 0.3) is 0 Å². The monoisotopic (exact) mass is 491 g/mol. The Kier molecular flexibility index (Phi) is 15.1. The van der Waals surface area contributed by atoms with Crippen molar-refractivity contribution in [3.8, 4) is 0 Å². The SMILES string of the molecule is CC(C)CC(NC(=O)C(CS)NC(=O)C(N)CCCCN)C(=O)NC(CCC(=O)O)C(=O)O. The fourth-order valence-corrected chi connectivity index (χ4v) is 3.14. The molecule has 12 nitrogen and oxygen atoms in total. The van der Waals surface area contributed by atoms with E-state index in [9.17, 15) is 29.1 Å². The molecule has 0 saturated carbocycles. The Morgan fingerprint density at radius 3 is 1.88 bits per heavy atom. The number of unbranched alkanes of at least 4 members (excludes halogenated alkanes) is 1. The van der Waals surface area contributed by atoms with Crippen molar-refractivity contribution in [3.63, 3.8) is 0 Å². The standard InChI is InChI=1S/C20H37N5O7S/c1-11(2)9-14(18(29)23-13(20(31)32)6-7-16(26)27)24-19(30)15(10-33)25-17(28)12(22)5-3-4-8-21/h11-15,33H,3-10,21-22H2,1-2H3,(H,23,29)(H,24,30)(H,25,28)(H,26,27)(H,31,32). The summed E-state index contributed by atoms with van der Waals surface area (Å²) in [4.78, 5) is 59.8.